The normalized spacial score (nSPS) is 9.75. The summed E-state index contributed by atoms with van der Waals surface area (Å²) >= 11 is 0. The Morgan fingerprint density at radius 3 is 2.58 bits per heavy atom. The predicted molar refractivity (Wildman–Crippen MR) is 50.4 cm³/mol. The van der Waals surface area contributed by atoms with Gasteiger partial charge in [-0.1, -0.05) is 39.0 Å². The van der Waals surface area contributed by atoms with Gasteiger partial charge in [-0.05, 0) is 6.42 Å². The van der Waals surface area contributed by atoms with Crippen LogP contribution >= 0.6 is 0 Å². The van der Waals surface area contributed by atoms with Gasteiger partial charge in [-0.2, -0.15) is 0 Å². The number of nitrogens with two attached hydrogens (primary N) is 1. The summed E-state index contributed by atoms with van der Waals surface area (Å²) in [7, 11) is 0. The second-order valence-electron chi connectivity index (χ2n) is 2.92. The first-order chi connectivity index (χ1) is 5.77. The Hall–Kier alpha value is -0.730. The molecule has 0 aromatic heterocycles. The van der Waals surface area contributed by atoms with Gasteiger partial charge in [-0.15, -0.1) is 0 Å². The van der Waals surface area contributed by atoms with Crippen molar-refractivity contribution in [1.82, 2.24) is 5.32 Å². The molecule has 3 N–H and O–H groups in total. The number of amides is 2. The maximum Gasteiger partial charge on any atom is 0.312 e. The Morgan fingerprint density at radius 1 is 1.33 bits per heavy atom. The Kier molecular flexibility index (Phi) is 7.86. The number of hydrogen-bond donors (Lipinski definition) is 2. The molecule has 0 aliphatic rings. The van der Waals surface area contributed by atoms with Crippen LogP contribution in [0.2, 0.25) is 0 Å². The molecular formula is C9H19N2O. The van der Waals surface area contributed by atoms with Crippen LogP contribution in [-0.4, -0.2) is 6.03 Å². The molecule has 0 rings (SSSR count). The van der Waals surface area contributed by atoms with Crippen molar-refractivity contribution in [3.05, 3.63) is 6.54 Å². The number of carbonyl (C=O) groups is 1. The Labute approximate surface area is 74.7 Å². The molecule has 0 unspecified atom stereocenters. The lowest BCUT2D eigenvalue weighted by molar-refractivity contribution is 0.250. The van der Waals surface area contributed by atoms with E-state index in [0.717, 1.165) is 12.8 Å². The van der Waals surface area contributed by atoms with Gasteiger partial charge in [-0.3, -0.25) is 0 Å². The number of nitrogens with one attached hydrogen (secondary N) is 1. The summed E-state index contributed by atoms with van der Waals surface area (Å²) in [5.41, 5.74) is 4.87. The fraction of sp³-hybridized carbons (Fsp3) is 0.778. The van der Waals surface area contributed by atoms with Crippen molar-refractivity contribution in [2.75, 3.05) is 0 Å². The molecule has 2 amide bonds. The van der Waals surface area contributed by atoms with E-state index in [0.29, 0.717) is 0 Å². The van der Waals surface area contributed by atoms with Gasteiger partial charge in [0.05, 0.1) is 6.54 Å². The van der Waals surface area contributed by atoms with Crippen molar-refractivity contribution in [2.45, 2.75) is 45.4 Å². The minimum atomic E-state index is -0.469. The maximum absolute atomic E-state index is 10.2. The van der Waals surface area contributed by atoms with Crippen LogP contribution in [0.5, 0.6) is 0 Å². The number of unbranched alkanes of at least 4 members (excludes halogenated alkanes) is 5. The minimum absolute atomic E-state index is 0.469. The van der Waals surface area contributed by atoms with Crippen LogP contribution in [0.1, 0.15) is 45.4 Å². The molecule has 0 saturated heterocycles. The average Bonchev–Trinajstić information content (AvgIpc) is 2.02. The summed E-state index contributed by atoms with van der Waals surface area (Å²) in [6.45, 7) is 3.93. The quantitative estimate of drug-likeness (QED) is 0.567. The zero-order valence-electron chi connectivity index (χ0n) is 7.81. The second-order valence-corrected chi connectivity index (χ2v) is 2.92. The molecule has 0 heterocycles. The number of primary amides is 1. The van der Waals surface area contributed by atoms with Gasteiger partial charge in [-0.25, -0.2) is 4.79 Å². The zero-order valence-corrected chi connectivity index (χ0v) is 7.81. The van der Waals surface area contributed by atoms with E-state index in [1.54, 1.807) is 6.54 Å². The van der Waals surface area contributed by atoms with E-state index >= 15 is 0 Å². The molecule has 3 nitrogen and oxygen atoms in total. The zero-order chi connectivity index (χ0) is 9.23. The summed E-state index contributed by atoms with van der Waals surface area (Å²) in [6.07, 6.45) is 7.17. The molecular weight excluding hydrogens is 152 g/mol. The molecule has 0 aromatic carbocycles. The van der Waals surface area contributed by atoms with E-state index in [4.69, 9.17) is 5.73 Å². The standard InChI is InChI=1S/C9H19N2O/c1-2-3-4-5-6-7-8-11-9(10)12/h8H,2-7H2,1H3,(H3,10,11,12). The third kappa shape index (κ3) is 9.27. The Balaban J connectivity index is 2.86. The SMILES string of the molecule is CCCCCCC[CH]NC(N)=O. The van der Waals surface area contributed by atoms with Crippen LogP contribution in [-0.2, 0) is 0 Å². The molecule has 0 spiro atoms. The van der Waals surface area contributed by atoms with E-state index in [2.05, 4.69) is 12.2 Å². The van der Waals surface area contributed by atoms with Gasteiger partial charge in [0, 0.05) is 0 Å². The van der Waals surface area contributed by atoms with E-state index in [9.17, 15) is 4.79 Å². The Bertz CT molecular complexity index is 115. The highest BCUT2D eigenvalue weighted by Crippen LogP contribution is 2.04. The summed E-state index contributed by atoms with van der Waals surface area (Å²) < 4.78 is 0. The molecule has 71 valence electrons. The summed E-state index contributed by atoms with van der Waals surface area (Å²) in [5, 5.41) is 2.45. The minimum Gasteiger partial charge on any atom is -0.352 e. The first-order valence-corrected chi connectivity index (χ1v) is 4.65. The van der Waals surface area contributed by atoms with Crippen molar-refractivity contribution in [2.24, 2.45) is 5.73 Å². The number of hydrogen-bond acceptors (Lipinski definition) is 1. The lowest BCUT2D eigenvalue weighted by atomic mass is 10.1. The molecule has 0 aromatic rings. The number of rotatable bonds is 7. The van der Waals surface area contributed by atoms with Gasteiger partial charge >= 0.3 is 6.03 Å². The highest BCUT2D eigenvalue weighted by molar-refractivity contribution is 5.72. The van der Waals surface area contributed by atoms with E-state index in [1.807, 2.05) is 0 Å². The second kappa shape index (κ2) is 8.37. The van der Waals surface area contributed by atoms with Crippen molar-refractivity contribution >= 4 is 6.03 Å². The monoisotopic (exact) mass is 171 g/mol. The topological polar surface area (TPSA) is 55.1 Å². The van der Waals surface area contributed by atoms with Crippen LogP contribution in [0.15, 0.2) is 0 Å². The average molecular weight is 171 g/mol. The lowest BCUT2D eigenvalue weighted by Crippen LogP contribution is -2.26. The molecule has 0 saturated carbocycles. The van der Waals surface area contributed by atoms with Crippen molar-refractivity contribution in [1.29, 1.82) is 0 Å². The Morgan fingerprint density at radius 2 is 2.00 bits per heavy atom. The van der Waals surface area contributed by atoms with Crippen LogP contribution in [0.3, 0.4) is 0 Å². The largest absolute Gasteiger partial charge is 0.352 e. The van der Waals surface area contributed by atoms with Crippen LogP contribution < -0.4 is 11.1 Å². The molecule has 3 heteroatoms. The maximum atomic E-state index is 10.2. The van der Waals surface area contributed by atoms with Crippen molar-refractivity contribution in [3.8, 4) is 0 Å². The molecule has 0 bridgehead atoms. The predicted octanol–water partition coefficient (Wildman–Crippen LogP) is 2.18. The van der Waals surface area contributed by atoms with Gasteiger partial charge in [0.15, 0.2) is 0 Å². The summed E-state index contributed by atoms with van der Waals surface area (Å²) in [5.74, 6) is 0. The van der Waals surface area contributed by atoms with Crippen molar-refractivity contribution < 1.29 is 4.79 Å². The molecule has 0 aliphatic carbocycles. The van der Waals surface area contributed by atoms with E-state index in [1.165, 1.54) is 25.7 Å². The molecule has 12 heavy (non-hydrogen) atoms. The summed E-state index contributed by atoms with van der Waals surface area (Å²) in [6, 6.07) is -0.469. The van der Waals surface area contributed by atoms with Gasteiger partial charge in [0.2, 0.25) is 0 Å². The van der Waals surface area contributed by atoms with Crippen molar-refractivity contribution in [3.63, 3.8) is 0 Å². The fourth-order valence-corrected chi connectivity index (χ4v) is 1.02. The lowest BCUT2D eigenvalue weighted by Gasteiger charge is -2.00. The van der Waals surface area contributed by atoms with E-state index in [-0.39, 0.29) is 0 Å². The summed E-state index contributed by atoms with van der Waals surface area (Å²) in [4.78, 5) is 10.2. The molecule has 1 radical (unpaired) electrons. The van der Waals surface area contributed by atoms with Crippen LogP contribution in [0, 0.1) is 6.54 Å². The van der Waals surface area contributed by atoms with Crippen LogP contribution in [0.4, 0.5) is 4.79 Å². The number of carbonyl (C=O) groups excluding carboxylic acids is 1. The number of urea groups is 1. The molecule has 0 atom stereocenters. The fourth-order valence-electron chi connectivity index (χ4n) is 1.02. The van der Waals surface area contributed by atoms with Gasteiger partial charge in [0.1, 0.15) is 0 Å². The van der Waals surface area contributed by atoms with Gasteiger partial charge < -0.3 is 11.1 Å². The first kappa shape index (κ1) is 11.3. The molecule has 0 aliphatic heterocycles. The van der Waals surface area contributed by atoms with E-state index < -0.39 is 6.03 Å². The third-order valence-electron chi connectivity index (χ3n) is 1.70. The van der Waals surface area contributed by atoms with Gasteiger partial charge in [0.25, 0.3) is 0 Å². The smallest absolute Gasteiger partial charge is 0.312 e. The highest BCUT2D eigenvalue weighted by Gasteiger charge is 1.92. The molecule has 0 fully saturated rings. The van der Waals surface area contributed by atoms with Crippen LogP contribution in [0.25, 0.3) is 0 Å². The first-order valence-electron chi connectivity index (χ1n) is 4.65. The third-order valence-corrected chi connectivity index (χ3v) is 1.70. The highest BCUT2D eigenvalue weighted by atomic mass is 16.2.